The molecule has 0 atom stereocenters. The lowest BCUT2D eigenvalue weighted by Crippen LogP contribution is -2.03. The van der Waals surface area contributed by atoms with Crippen LogP contribution in [0.4, 0.5) is 8.78 Å². The smallest absolute Gasteiger partial charge is 0.191 e. The van der Waals surface area contributed by atoms with Crippen LogP contribution in [-0.4, -0.2) is 4.98 Å². The molecule has 0 aliphatic carbocycles. The highest BCUT2D eigenvalue weighted by Gasteiger charge is 2.12. The largest absolute Gasteiger partial charge is 0.483 e. The van der Waals surface area contributed by atoms with Gasteiger partial charge in [-0.25, -0.2) is 8.78 Å². The number of ether oxygens (including phenoxy) is 1. The molecule has 0 saturated heterocycles. The molecular formula is C13H11BrF2N2O. The molecule has 0 saturated carbocycles. The number of pyridine rings is 1. The van der Waals surface area contributed by atoms with Crippen LogP contribution in [-0.2, 0) is 13.2 Å². The van der Waals surface area contributed by atoms with Crippen LogP contribution < -0.4 is 10.5 Å². The predicted octanol–water partition coefficient (Wildman–Crippen LogP) is 3.16. The van der Waals surface area contributed by atoms with Gasteiger partial charge in [0.1, 0.15) is 6.61 Å². The van der Waals surface area contributed by atoms with E-state index in [2.05, 4.69) is 20.9 Å². The van der Waals surface area contributed by atoms with E-state index in [4.69, 9.17) is 10.5 Å². The standard InChI is InChI=1S/C13H11BrF2N2O/c14-10-1-9(5-18-6-10)7-19-13-11(15)2-8(4-17)3-12(13)16/h1-3,5-6H,4,7,17H2. The van der Waals surface area contributed by atoms with Gasteiger partial charge in [0, 0.05) is 29.0 Å². The maximum Gasteiger partial charge on any atom is 0.191 e. The summed E-state index contributed by atoms with van der Waals surface area (Å²) in [6.45, 7) is 0.103. The Kier molecular flexibility index (Phi) is 4.44. The van der Waals surface area contributed by atoms with Crippen molar-refractivity contribution in [3.63, 3.8) is 0 Å². The Bertz CT molecular complexity index is 570. The van der Waals surface area contributed by atoms with Gasteiger partial charge in [-0.1, -0.05) is 0 Å². The lowest BCUT2D eigenvalue weighted by atomic mass is 10.2. The van der Waals surface area contributed by atoms with Crippen molar-refractivity contribution >= 4 is 15.9 Å². The highest BCUT2D eigenvalue weighted by molar-refractivity contribution is 9.10. The quantitative estimate of drug-likeness (QED) is 0.937. The molecule has 0 aliphatic heterocycles. The summed E-state index contributed by atoms with van der Waals surface area (Å²) in [5, 5.41) is 0. The Morgan fingerprint density at radius 2 is 1.79 bits per heavy atom. The van der Waals surface area contributed by atoms with Gasteiger partial charge < -0.3 is 10.5 Å². The van der Waals surface area contributed by atoms with E-state index < -0.39 is 17.4 Å². The van der Waals surface area contributed by atoms with Crippen molar-refractivity contribution in [3.8, 4) is 5.75 Å². The van der Waals surface area contributed by atoms with Crippen LogP contribution in [0.2, 0.25) is 0 Å². The number of rotatable bonds is 4. The van der Waals surface area contributed by atoms with Crippen molar-refractivity contribution < 1.29 is 13.5 Å². The molecule has 2 N–H and O–H groups in total. The first kappa shape index (κ1) is 13.9. The van der Waals surface area contributed by atoms with Crippen molar-refractivity contribution in [1.82, 2.24) is 4.98 Å². The molecule has 0 amide bonds. The summed E-state index contributed by atoms with van der Waals surface area (Å²) in [6.07, 6.45) is 3.18. The predicted molar refractivity (Wildman–Crippen MR) is 70.5 cm³/mol. The summed E-state index contributed by atoms with van der Waals surface area (Å²) < 4.78 is 33.2. The van der Waals surface area contributed by atoms with Gasteiger partial charge in [-0.2, -0.15) is 0 Å². The molecule has 1 heterocycles. The third kappa shape index (κ3) is 3.48. The molecule has 19 heavy (non-hydrogen) atoms. The van der Waals surface area contributed by atoms with Crippen LogP contribution in [0.15, 0.2) is 35.1 Å². The highest BCUT2D eigenvalue weighted by atomic mass is 79.9. The average molecular weight is 329 g/mol. The lowest BCUT2D eigenvalue weighted by molar-refractivity contribution is 0.273. The molecule has 3 nitrogen and oxygen atoms in total. The first-order valence-corrected chi connectivity index (χ1v) is 6.29. The fraction of sp³-hybridized carbons (Fsp3) is 0.154. The molecule has 0 bridgehead atoms. The zero-order valence-corrected chi connectivity index (χ0v) is 11.5. The summed E-state index contributed by atoms with van der Waals surface area (Å²) in [6, 6.07) is 4.09. The van der Waals surface area contributed by atoms with Crippen molar-refractivity contribution in [2.24, 2.45) is 5.73 Å². The van der Waals surface area contributed by atoms with E-state index in [-0.39, 0.29) is 13.2 Å². The molecule has 0 spiro atoms. The summed E-state index contributed by atoms with van der Waals surface area (Å²) in [4.78, 5) is 3.94. The third-order valence-electron chi connectivity index (χ3n) is 2.44. The van der Waals surface area contributed by atoms with Crippen LogP contribution in [0.25, 0.3) is 0 Å². The number of nitrogens with zero attached hydrogens (tertiary/aromatic N) is 1. The zero-order valence-electron chi connectivity index (χ0n) is 9.87. The molecule has 0 fully saturated rings. The Hall–Kier alpha value is -1.53. The molecule has 0 radical (unpaired) electrons. The summed E-state index contributed by atoms with van der Waals surface area (Å²) in [5.74, 6) is -1.93. The van der Waals surface area contributed by atoms with Gasteiger partial charge in [0.05, 0.1) is 0 Å². The average Bonchev–Trinajstić information content (AvgIpc) is 2.37. The minimum atomic E-state index is -0.761. The summed E-state index contributed by atoms with van der Waals surface area (Å²) in [5.41, 5.74) is 6.42. The van der Waals surface area contributed by atoms with Gasteiger partial charge in [0.2, 0.25) is 0 Å². The molecule has 6 heteroatoms. The van der Waals surface area contributed by atoms with Gasteiger partial charge in [0.15, 0.2) is 17.4 Å². The second-order valence-corrected chi connectivity index (χ2v) is 4.81. The minimum Gasteiger partial charge on any atom is -0.483 e. The van der Waals surface area contributed by atoms with Gasteiger partial charge in [0.25, 0.3) is 0 Å². The van der Waals surface area contributed by atoms with E-state index in [9.17, 15) is 8.78 Å². The molecule has 2 aromatic rings. The number of nitrogens with two attached hydrogens (primary N) is 1. The van der Waals surface area contributed by atoms with Crippen molar-refractivity contribution in [1.29, 1.82) is 0 Å². The van der Waals surface area contributed by atoms with E-state index in [0.717, 1.165) is 16.6 Å². The van der Waals surface area contributed by atoms with Gasteiger partial charge >= 0.3 is 0 Å². The fourth-order valence-electron chi connectivity index (χ4n) is 1.56. The first-order valence-electron chi connectivity index (χ1n) is 5.50. The topological polar surface area (TPSA) is 48.1 Å². The number of halogens is 3. The molecule has 1 aromatic heterocycles. The monoisotopic (exact) mass is 328 g/mol. The first-order chi connectivity index (χ1) is 9.10. The number of benzene rings is 1. The van der Waals surface area contributed by atoms with Crippen LogP contribution in [0.5, 0.6) is 5.75 Å². The summed E-state index contributed by atoms with van der Waals surface area (Å²) >= 11 is 3.26. The highest BCUT2D eigenvalue weighted by Crippen LogP contribution is 2.24. The van der Waals surface area contributed by atoms with Gasteiger partial charge in [-0.15, -0.1) is 0 Å². The molecule has 1 aromatic carbocycles. The van der Waals surface area contributed by atoms with E-state index >= 15 is 0 Å². The number of hydrogen-bond acceptors (Lipinski definition) is 3. The van der Waals surface area contributed by atoms with Crippen LogP contribution in [0, 0.1) is 11.6 Å². The number of hydrogen-bond donors (Lipinski definition) is 1. The molecule has 0 unspecified atom stereocenters. The van der Waals surface area contributed by atoms with Gasteiger partial charge in [-0.05, 0) is 39.7 Å². The summed E-state index contributed by atoms with van der Waals surface area (Å²) in [7, 11) is 0. The van der Waals surface area contributed by atoms with E-state index in [1.54, 1.807) is 18.5 Å². The van der Waals surface area contributed by atoms with Crippen molar-refractivity contribution in [3.05, 3.63) is 57.8 Å². The Morgan fingerprint density at radius 1 is 1.11 bits per heavy atom. The zero-order chi connectivity index (χ0) is 13.8. The third-order valence-corrected chi connectivity index (χ3v) is 2.87. The molecule has 2 rings (SSSR count). The normalized spacial score (nSPS) is 10.5. The Labute approximate surface area is 117 Å². The van der Waals surface area contributed by atoms with E-state index in [1.165, 1.54) is 0 Å². The Morgan fingerprint density at radius 3 is 2.37 bits per heavy atom. The van der Waals surface area contributed by atoms with Crippen LogP contribution >= 0.6 is 15.9 Å². The van der Waals surface area contributed by atoms with Gasteiger partial charge in [-0.3, -0.25) is 4.98 Å². The Balaban J connectivity index is 2.16. The van der Waals surface area contributed by atoms with Crippen LogP contribution in [0.1, 0.15) is 11.1 Å². The SMILES string of the molecule is NCc1cc(F)c(OCc2cncc(Br)c2)c(F)c1. The van der Waals surface area contributed by atoms with Crippen LogP contribution in [0.3, 0.4) is 0 Å². The van der Waals surface area contributed by atoms with Crippen molar-refractivity contribution in [2.45, 2.75) is 13.2 Å². The molecule has 100 valence electrons. The maximum atomic E-state index is 13.6. The molecular weight excluding hydrogens is 318 g/mol. The van der Waals surface area contributed by atoms with E-state index in [0.29, 0.717) is 11.1 Å². The minimum absolute atomic E-state index is 0.0300. The van der Waals surface area contributed by atoms with Crippen molar-refractivity contribution in [2.75, 3.05) is 0 Å². The van der Waals surface area contributed by atoms with E-state index in [1.807, 2.05) is 0 Å². The second kappa shape index (κ2) is 6.08. The lowest BCUT2D eigenvalue weighted by Gasteiger charge is -2.09. The molecule has 0 aliphatic rings. The fourth-order valence-corrected chi connectivity index (χ4v) is 1.97. The maximum absolute atomic E-state index is 13.6. The number of aromatic nitrogens is 1. The second-order valence-electron chi connectivity index (χ2n) is 3.89.